The molecule has 0 aliphatic heterocycles. The Morgan fingerprint density at radius 2 is 2.00 bits per heavy atom. The molecule has 0 atom stereocenters. The average Bonchev–Trinajstić information content (AvgIpc) is 2.19. The maximum Gasteiger partial charge on any atom is 0.234 e. The SMILES string of the molecule is CCCCNC(=O)CN(CCC)CCO. The highest BCUT2D eigenvalue weighted by Gasteiger charge is 2.08. The lowest BCUT2D eigenvalue weighted by Gasteiger charge is -2.19. The lowest BCUT2D eigenvalue weighted by atomic mass is 10.3. The van der Waals surface area contributed by atoms with Gasteiger partial charge in [0.1, 0.15) is 0 Å². The van der Waals surface area contributed by atoms with Gasteiger partial charge in [0, 0.05) is 13.1 Å². The smallest absolute Gasteiger partial charge is 0.234 e. The predicted octanol–water partition coefficient (Wildman–Crippen LogP) is 0.607. The highest BCUT2D eigenvalue weighted by molar-refractivity contribution is 5.77. The van der Waals surface area contributed by atoms with E-state index >= 15 is 0 Å². The molecule has 0 aromatic heterocycles. The molecule has 2 N–H and O–H groups in total. The Hall–Kier alpha value is -0.610. The number of amides is 1. The van der Waals surface area contributed by atoms with E-state index in [1.165, 1.54) is 0 Å². The number of nitrogens with one attached hydrogen (secondary N) is 1. The van der Waals surface area contributed by atoms with E-state index in [1.54, 1.807) is 0 Å². The lowest BCUT2D eigenvalue weighted by molar-refractivity contribution is -0.122. The van der Waals surface area contributed by atoms with Gasteiger partial charge in [-0.25, -0.2) is 0 Å². The molecule has 0 bridgehead atoms. The molecule has 0 aliphatic rings. The van der Waals surface area contributed by atoms with Crippen molar-refractivity contribution in [2.45, 2.75) is 33.1 Å². The van der Waals surface area contributed by atoms with Gasteiger partial charge in [-0.3, -0.25) is 9.69 Å². The Labute approximate surface area is 92.7 Å². The fourth-order valence-electron chi connectivity index (χ4n) is 1.39. The van der Waals surface area contributed by atoms with Crippen LogP contribution in [0.3, 0.4) is 0 Å². The summed E-state index contributed by atoms with van der Waals surface area (Å²) in [6.07, 6.45) is 3.12. The predicted molar refractivity (Wildman–Crippen MR) is 61.7 cm³/mol. The molecule has 15 heavy (non-hydrogen) atoms. The molecule has 0 rings (SSSR count). The monoisotopic (exact) mass is 216 g/mol. The maximum absolute atomic E-state index is 11.4. The van der Waals surface area contributed by atoms with Crippen LogP contribution in [0.4, 0.5) is 0 Å². The third-order valence-corrected chi connectivity index (χ3v) is 2.18. The van der Waals surface area contributed by atoms with Gasteiger partial charge in [-0.1, -0.05) is 20.3 Å². The fraction of sp³-hybridized carbons (Fsp3) is 0.909. The van der Waals surface area contributed by atoms with Crippen molar-refractivity contribution >= 4 is 5.91 Å². The highest BCUT2D eigenvalue weighted by Crippen LogP contribution is 1.91. The van der Waals surface area contributed by atoms with E-state index in [9.17, 15) is 4.79 Å². The van der Waals surface area contributed by atoms with Crippen LogP contribution in [0, 0.1) is 0 Å². The summed E-state index contributed by atoms with van der Waals surface area (Å²) >= 11 is 0. The molecule has 4 heteroatoms. The second-order valence-electron chi connectivity index (χ2n) is 3.70. The first-order chi connectivity index (χ1) is 7.24. The average molecular weight is 216 g/mol. The zero-order valence-corrected chi connectivity index (χ0v) is 9.96. The number of hydrogen-bond donors (Lipinski definition) is 2. The quantitative estimate of drug-likeness (QED) is 0.555. The molecular formula is C11H24N2O2. The first-order valence-electron chi connectivity index (χ1n) is 5.84. The first-order valence-corrected chi connectivity index (χ1v) is 5.84. The summed E-state index contributed by atoms with van der Waals surface area (Å²) < 4.78 is 0. The van der Waals surface area contributed by atoms with Crippen molar-refractivity contribution in [2.24, 2.45) is 0 Å². The minimum absolute atomic E-state index is 0.0605. The number of aliphatic hydroxyl groups is 1. The molecular weight excluding hydrogens is 192 g/mol. The van der Waals surface area contributed by atoms with Gasteiger partial charge in [-0.05, 0) is 19.4 Å². The van der Waals surface area contributed by atoms with Gasteiger partial charge in [-0.15, -0.1) is 0 Å². The maximum atomic E-state index is 11.4. The summed E-state index contributed by atoms with van der Waals surface area (Å²) in [5.41, 5.74) is 0. The molecule has 90 valence electrons. The van der Waals surface area contributed by atoms with Crippen LogP contribution < -0.4 is 5.32 Å². The summed E-state index contributed by atoms with van der Waals surface area (Å²) in [5, 5.41) is 11.7. The van der Waals surface area contributed by atoms with Crippen LogP contribution in [0.5, 0.6) is 0 Å². The molecule has 0 heterocycles. The van der Waals surface area contributed by atoms with E-state index in [-0.39, 0.29) is 12.5 Å². The Kier molecular flexibility index (Phi) is 9.52. The molecule has 0 aromatic rings. The zero-order valence-electron chi connectivity index (χ0n) is 9.96. The van der Waals surface area contributed by atoms with Crippen molar-refractivity contribution < 1.29 is 9.90 Å². The molecule has 0 radical (unpaired) electrons. The Balaban J connectivity index is 3.67. The van der Waals surface area contributed by atoms with Crippen LogP contribution in [0.15, 0.2) is 0 Å². The van der Waals surface area contributed by atoms with Gasteiger partial charge in [0.25, 0.3) is 0 Å². The van der Waals surface area contributed by atoms with E-state index in [4.69, 9.17) is 5.11 Å². The Morgan fingerprint density at radius 3 is 2.53 bits per heavy atom. The molecule has 0 saturated carbocycles. The second-order valence-corrected chi connectivity index (χ2v) is 3.70. The Bertz CT molecular complexity index is 157. The molecule has 0 aliphatic carbocycles. The van der Waals surface area contributed by atoms with Crippen molar-refractivity contribution in [3.63, 3.8) is 0 Å². The van der Waals surface area contributed by atoms with Gasteiger partial charge in [-0.2, -0.15) is 0 Å². The molecule has 1 amide bonds. The van der Waals surface area contributed by atoms with Gasteiger partial charge in [0.2, 0.25) is 5.91 Å². The fourth-order valence-corrected chi connectivity index (χ4v) is 1.39. The first kappa shape index (κ1) is 14.4. The van der Waals surface area contributed by atoms with Crippen molar-refractivity contribution in [2.75, 3.05) is 32.8 Å². The summed E-state index contributed by atoms with van der Waals surface area (Å²) in [6, 6.07) is 0. The Morgan fingerprint density at radius 1 is 1.27 bits per heavy atom. The number of carbonyl (C=O) groups excluding carboxylic acids is 1. The summed E-state index contributed by atoms with van der Waals surface area (Å²) in [7, 11) is 0. The number of hydrogen-bond acceptors (Lipinski definition) is 3. The summed E-state index contributed by atoms with van der Waals surface area (Å²) in [4.78, 5) is 13.4. The van der Waals surface area contributed by atoms with Crippen molar-refractivity contribution in [3.05, 3.63) is 0 Å². The van der Waals surface area contributed by atoms with Gasteiger partial charge >= 0.3 is 0 Å². The van der Waals surface area contributed by atoms with Crippen molar-refractivity contribution in [3.8, 4) is 0 Å². The van der Waals surface area contributed by atoms with E-state index < -0.39 is 0 Å². The van der Waals surface area contributed by atoms with Crippen LogP contribution in [0.25, 0.3) is 0 Å². The van der Waals surface area contributed by atoms with Crippen LogP contribution in [-0.4, -0.2) is 48.7 Å². The topological polar surface area (TPSA) is 52.6 Å². The lowest BCUT2D eigenvalue weighted by Crippen LogP contribution is -2.39. The van der Waals surface area contributed by atoms with Gasteiger partial charge in [0.15, 0.2) is 0 Å². The second kappa shape index (κ2) is 9.93. The number of rotatable bonds is 9. The molecule has 0 spiro atoms. The molecule has 0 unspecified atom stereocenters. The number of unbranched alkanes of at least 4 members (excludes halogenated alkanes) is 1. The molecule has 0 saturated heterocycles. The van der Waals surface area contributed by atoms with Crippen molar-refractivity contribution in [1.29, 1.82) is 0 Å². The summed E-state index contributed by atoms with van der Waals surface area (Å²) in [5.74, 6) is 0.0605. The van der Waals surface area contributed by atoms with E-state index in [0.717, 1.165) is 32.4 Å². The molecule has 0 fully saturated rings. The number of aliphatic hydroxyl groups excluding tert-OH is 1. The third-order valence-electron chi connectivity index (χ3n) is 2.18. The molecule has 0 aromatic carbocycles. The van der Waals surface area contributed by atoms with E-state index in [2.05, 4.69) is 19.2 Å². The minimum Gasteiger partial charge on any atom is -0.395 e. The number of nitrogens with zero attached hydrogens (tertiary/aromatic N) is 1. The normalized spacial score (nSPS) is 10.7. The third kappa shape index (κ3) is 8.39. The van der Waals surface area contributed by atoms with Gasteiger partial charge < -0.3 is 10.4 Å². The van der Waals surface area contributed by atoms with Gasteiger partial charge in [0.05, 0.1) is 13.2 Å². The standard InChI is InChI=1S/C11H24N2O2/c1-3-5-6-12-11(15)10-13(7-4-2)8-9-14/h14H,3-10H2,1-2H3,(H,12,15). The van der Waals surface area contributed by atoms with Crippen LogP contribution in [-0.2, 0) is 4.79 Å². The number of carbonyl (C=O) groups is 1. The summed E-state index contributed by atoms with van der Waals surface area (Å²) in [6.45, 7) is 6.88. The van der Waals surface area contributed by atoms with E-state index in [1.807, 2.05) is 4.90 Å². The van der Waals surface area contributed by atoms with Crippen LogP contribution in [0.2, 0.25) is 0 Å². The van der Waals surface area contributed by atoms with Crippen molar-refractivity contribution in [1.82, 2.24) is 10.2 Å². The minimum atomic E-state index is 0.0605. The van der Waals surface area contributed by atoms with Crippen LogP contribution >= 0.6 is 0 Å². The zero-order chi connectivity index (χ0) is 11.5. The molecule has 4 nitrogen and oxygen atoms in total. The highest BCUT2D eigenvalue weighted by atomic mass is 16.3. The van der Waals surface area contributed by atoms with Crippen LogP contribution in [0.1, 0.15) is 33.1 Å². The largest absolute Gasteiger partial charge is 0.395 e. The van der Waals surface area contributed by atoms with E-state index in [0.29, 0.717) is 13.1 Å².